The van der Waals surface area contributed by atoms with Crippen molar-refractivity contribution in [3.8, 4) is 0 Å². The number of amides is 2. The van der Waals surface area contributed by atoms with Gasteiger partial charge in [-0.05, 0) is 30.3 Å². The standard InChI is InChI=1S/C16H19N3O3/c1-19(2)16(21)12-5-3-6-13(9-12)17-11-15(20)18-10-14-7-4-8-22-14/h3-9,17H,10-11H2,1-2H3,(H,18,20). The Morgan fingerprint density at radius 1 is 1.18 bits per heavy atom. The lowest BCUT2D eigenvalue weighted by atomic mass is 10.2. The normalized spacial score (nSPS) is 10.1. The molecule has 6 nitrogen and oxygen atoms in total. The number of nitrogens with one attached hydrogen (secondary N) is 2. The van der Waals surface area contributed by atoms with Crippen molar-refractivity contribution in [2.75, 3.05) is 26.0 Å². The third-order valence-corrected chi connectivity index (χ3v) is 3.01. The summed E-state index contributed by atoms with van der Waals surface area (Å²) in [6.45, 7) is 0.479. The number of rotatable bonds is 6. The van der Waals surface area contributed by atoms with Gasteiger partial charge in [-0.2, -0.15) is 0 Å². The van der Waals surface area contributed by atoms with Crippen LogP contribution in [0.3, 0.4) is 0 Å². The van der Waals surface area contributed by atoms with Crippen LogP contribution in [0.2, 0.25) is 0 Å². The molecule has 2 aromatic rings. The Balaban J connectivity index is 1.84. The third-order valence-electron chi connectivity index (χ3n) is 3.01. The van der Waals surface area contributed by atoms with Crippen LogP contribution in [0.25, 0.3) is 0 Å². The monoisotopic (exact) mass is 301 g/mol. The molecule has 0 radical (unpaired) electrons. The van der Waals surface area contributed by atoms with Crippen LogP contribution in [-0.4, -0.2) is 37.4 Å². The van der Waals surface area contributed by atoms with Gasteiger partial charge in [0.1, 0.15) is 5.76 Å². The van der Waals surface area contributed by atoms with Gasteiger partial charge in [-0.3, -0.25) is 9.59 Å². The van der Waals surface area contributed by atoms with Gasteiger partial charge >= 0.3 is 0 Å². The molecule has 0 bridgehead atoms. The molecule has 2 rings (SSSR count). The maximum Gasteiger partial charge on any atom is 0.253 e. The molecular formula is C16H19N3O3. The minimum atomic E-state index is -0.152. The first-order chi connectivity index (χ1) is 10.6. The molecule has 0 fully saturated rings. The van der Waals surface area contributed by atoms with Crippen molar-refractivity contribution in [3.05, 3.63) is 54.0 Å². The Kier molecular flexibility index (Phi) is 5.19. The molecule has 0 aliphatic rings. The van der Waals surface area contributed by atoms with Crippen molar-refractivity contribution in [1.82, 2.24) is 10.2 Å². The smallest absolute Gasteiger partial charge is 0.253 e. The largest absolute Gasteiger partial charge is 0.467 e. The van der Waals surface area contributed by atoms with E-state index in [0.29, 0.717) is 17.9 Å². The summed E-state index contributed by atoms with van der Waals surface area (Å²) in [5, 5.41) is 5.74. The molecule has 1 aromatic heterocycles. The van der Waals surface area contributed by atoms with Crippen molar-refractivity contribution in [1.29, 1.82) is 0 Å². The van der Waals surface area contributed by atoms with Gasteiger partial charge in [-0.25, -0.2) is 0 Å². The fourth-order valence-electron chi connectivity index (χ4n) is 1.86. The van der Waals surface area contributed by atoms with Gasteiger partial charge in [0.2, 0.25) is 5.91 Å². The van der Waals surface area contributed by atoms with Crippen LogP contribution in [0.1, 0.15) is 16.1 Å². The SMILES string of the molecule is CN(C)C(=O)c1cccc(NCC(=O)NCc2ccco2)c1. The summed E-state index contributed by atoms with van der Waals surface area (Å²) in [4.78, 5) is 25.1. The van der Waals surface area contributed by atoms with E-state index in [4.69, 9.17) is 4.42 Å². The average Bonchev–Trinajstić information content (AvgIpc) is 3.03. The molecule has 6 heteroatoms. The van der Waals surface area contributed by atoms with Crippen LogP contribution < -0.4 is 10.6 Å². The van der Waals surface area contributed by atoms with Crippen molar-refractivity contribution < 1.29 is 14.0 Å². The summed E-state index contributed by atoms with van der Waals surface area (Å²) in [7, 11) is 3.40. The summed E-state index contributed by atoms with van der Waals surface area (Å²) in [5.41, 5.74) is 1.30. The van der Waals surface area contributed by atoms with E-state index in [1.54, 1.807) is 50.7 Å². The second-order valence-corrected chi connectivity index (χ2v) is 4.99. The highest BCUT2D eigenvalue weighted by atomic mass is 16.3. The van der Waals surface area contributed by atoms with Gasteiger partial charge < -0.3 is 20.0 Å². The van der Waals surface area contributed by atoms with Gasteiger partial charge in [-0.15, -0.1) is 0 Å². The summed E-state index contributed by atoms with van der Waals surface area (Å²) in [5.74, 6) is 0.471. The minimum Gasteiger partial charge on any atom is -0.467 e. The fraction of sp³-hybridized carbons (Fsp3) is 0.250. The molecule has 22 heavy (non-hydrogen) atoms. The van der Waals surface area contributed by atoms with Crippen LogP contribution in [0, 0.1) is 0 Å². The highest BCUT2D eigenvalue weighted by Crippen LogP contribution is 2.11. The Bertz CT molecular complexity index is 636. The van der Waals surface area contributed by atoms with Crippen LogP contribution in [0.15, 0.2) is 47.1 Å². The van der Waals surface area contributed by atoms with E-state index in [1.165, 1.54) is 4.90 Å². The zero-order valence-electron chi connectivity index (χ0n) is 12.6. The van der Waals surface area contributed by atoms with E-state index in [9.17, 15) is 9.59 Å². The number of furan rings is 1. The van der Waals surface area contributed by atoms with Gasteiger partial charge in [-0.1, -0.05) is 6.07 Å². The summed E-state index contributed by atoms with van der Waals surface area (Å²) in [6, 6.07) is 10.6. The lowest BCUT2D eigenvalue weighted by Crippen LogP contribution is -2.29. The molecule has 0 aliphatic heterocycles. The molecule has 0 unspecified atom stereocenters. The van der Waals surface area contributed by atoms with E-state index in [0.717, 1.165) is 5.69 Å². The summed E-state index contributed by atoms with van der Waals surface area (Å²) in [6.07, 6.45) is 1.56. The summed E-state index contributed by atoms with van der Waals surface area (Å²) < 4.78 is 5.13. The lowest BCUT2D eigenvalue weighted by molar-refractivity contribution is -0.119. The average molecular weight is 301 g/mol. The van der Waals surface area contributed by atoms with Crippen molar-refractivity contribution >= 4 is 17.5 Å². The number of hydrogen-bond donors (Lipinski definition) is 2. The highest BCUT2D eigenvalue weighted by Gasteiger charge is 2.08. The third kappa shape index (κ3) is 4.37. The zero-order chi connectivity index (χ0) is 15.9. The predicted octanol–water partition coefficient (Wildman–Crippen LogP) is 1.71. The minimum absolute atomic E-state index is 0.0779. The molecule has 2 amide bonds. The van der Waals surface area contributed by atoms with E-state index in [2.05, 4.69) is 10.6 Å². The fourth-order valence-corrected chi connectivity index (χ4v) is 1.86. The maximum absolute atomic E-state index is 11.9. The van der Waals surface area contributed by atoms with Gasteiger partial charge in [0, 0.05) is 25.3 Å². The summed E-state index contributed by atoms with van der Waals surface area (Å²) >= 11 is 0. The Labute approximate surface area is 129 Å². The second-order valence-electron chi connectivity index (χ2n) is 4.99. The molecule has 0 saturated carbocycles. The van der Waals surface area contributed by atoms with Gasteiger partial charge in [0.05, 0.1) is 19.4 Å². The van der Waals surface area contributed by atoms with Crippen LogP contribution in [0.5, 0.6) is 0 Å². The van der Waals surface area contributed by atoms with Crippen molar-refractivity contribution in [2.24, 2.45) is 0 Å². The first-order valence-electron chi connectivity index (χ1n) is 6.91. The quantitative estimate of drug-likeness (QED) is 0.852. The van der Waals surface area contributed by atoms with E-state index >= 15 is 0 Å². The zero-order valence-corrected chi connectivity index (χ0v) is 12.6. The molecule has 1 aromatic carbocycles. The Morgan fingerprint density at radius 3 is 2.68 bits per heavy atom. The highest BCUT2D eigenvalue weighted by molar-refractivity contribution is 5.95. The first kappa shape index (κ1) is 15.6. The predicted molar refractivity (Wildman–Crippen MR) is 83.5 cm³/mol. The number of carbonyl (C=O) groups is 2. The van der Waals surface area contributed by atoms with Crippen LogP contribution in [0.4, 0.5) is 5.69 Å². The van der Waals surface area contributed by atoms with E-state index in [1.807, 2.05) is 6.07 Å². The molecule has 2 N–H and O–H groups in total. The molecule has 116 valence electrons. The second kappa shape index (κ2) is 7.31. The molecule has 0 saturated heterocycles. The topological polar surface area (TPSA) is 74.6 Å². The number of hydrogen-bond acceptors (Lipinski definition) is 4. The molecular weight excluding hydrogens is 282 g/mol. The Morgan fingerprint density at radius 2 is 2.00 bits per heavy atom. The number of nitrogens with zero attached hydrogens (tertiary/aromatic N) is 1. The maximum atomic E-state index is 11.9. The van der Waals surface area contributed by atoms with Crippen LogP contribution >= 0.6 is 0 Å². The number of benzene rings is 1. The number of carbonyl (C=O) groups excluding carboxylic acids is 2. The van der Waals surface area contributed by atoms with Crippen molar-refractivity contribution in [3.63, 3.8) is 0 Å². The van der Waals surface area contributed by atoms with Crippen LogP contribution in [-0.2, 0) is 11.3 Å². The number of anilines is 1. The Hall–Kier alpha value is -2.76. The van der Waals surface area contributed by atoms with E-state index in [-0.39, 0.29) is 18.4 Å². The van der Waals surface area contributed by atoms with Gasteiger partial charge in [0.15, 0.2) is 0 Å². The van der Waals surface area contributed by atoms with E-state index < -0.39 is 0 Å². The molecule has 0 spiro atoms. The van der Waals surface area contributed by atoms with Gasteiger partial charge in [0.25, 0.3) is 5.91 Å². The van der Waals surface area contributed by atoms with Crippen molar-refractivity contribution in [2.45, 2.75) is 6.54 Å². The first-order valence-corrected chi connectivity index (χ1v) is 6.91. The molecule has 0 atom stereocenters. The molecule has 0 aliphatic carbocycles. The lowest BCUT2D eigenvalue weighted by Gasteiger charge is -2.12. The molecule has 1 heterocycles.